The number of nitrogens with one attached hydrogen (secondary N) is 1. The third-order valence-corrected chi connectivity index (χ3v) is 3.77. The van der Waals surface area contributed by atoms with Gasteiger partial charge in [-0.3, -0.25) is 10.1 Å². The molecule has 0 atom stereocenters. The van der Waals surface area contributed by atoms with E-state index in [1.54, 1.807) is 31.1 Å². The van der Waals surface area contributed by atoms with Gasteiger partial charge in [0.25, 0.3) is 0 Å². The van der Waals surface area contributed by atoms with Crippen LogP contribution in [0.15, 0.2) is 36.5 Å². The molecule has 0 spiro atoms. The Labute approximate surface area is 133 Å². The topological polar surface area (TPSA) is 88.0 Å². The van der Waals surface area contributed by atoms with Crippen LogP contribution >= 0.6 is 0 Å². The summed E-state index contributed by atoms with van der Waals surface area (Å²) in [5.41, 5.74) is 2.57. The third kappa shape index (κ3) is 2.98. The first-order valence-electron chi connectivity index (χ1n) is 7.31. The molecule has 0 bridgehead atoms. The van der Waals surface area contributed by atoms with E-state index >= 15 is 0 Å². The minimum absolute atomic E-state index is 0.0552. The summed E-state index contributed by atoms with van der Waals surface area (Å²) >= 11 is 0. The maximum absolute atomic E-state index is 11.3. The van der Waals surface area contributed by atoms with Crippen molar-refractivity contribution in [2.45, 2.75) is 13.3 Å². The fourth-order valence-corrected chi connectivity index (χ4v) is 2.54. The Bertz CT molecular complexity index is 826. The summed E-state index contributed by atoms with van der Waals surface area (Å²) in [7, 11) is 1.80. The minimum Gasteiger partial charge on any atom is -0.353 e. The van der Waals surface area contributed by atoms with Crippen molar-refractivity contribution in [2.75, 3.05) is 18.5 Å². The number of anilines is 1. The van der Waals surface area contributed by atoms with Gasteiger partial charge in [0, 0.05) is 31.8 Å². The van der Waals surface area contributed by atoms with E-state index in [-0.39, 0.29) is 10.6 Å². The summed E-state index contributed by atoms with van der Waals surface area (Å²) in [6.45, 7) is 2.30. The standard InChI is InChI=1S/C16H17N5O2/c1-11-7-9-17-16(15(11)21(22)23)20(2)10-8-14-18-12-5-3-4-6-13(12)19-14/h3-7,9H,8,10H2,1-2H3,(H,18,19). The molecule has 0 aliphatic carbocycles. The van der Waals surface area contributed by atoms with Crippen LogP contribution in [-0.4, -0.2) is 33.5 Å². The molecule has 0 amide bonds. The number of aryl methyl sites for hydroxylation is 1. The number of hydrogen-bond acceptors (Lipinski definition) is 5. The maximum atomic E-state index is 11.3. The van der Waals surface area contributed by atoms with Crippen molar-refractivity contribution in [3.8, 4) is 0 Å². The predicted octanol–water partition coefficient (Wildman–Crippen LogP) is 2.85. The molecule has 0 aliphatic heterocycles. The number of aromatic nitrogens is 3. The first-order chi connectivity index (χ1) is 11.1. The Morgan fingerprint density at radius 1 is 1.30 bits per heavy atom. The summed E-state index contributed by atoms with van der Waals surface area (Å²) in [5.74, 6) is 1.24. The average Bonchev–Trinajstić information content (AvgIpc) is 2.94. The SMILES string of the molecule is Cc1ccnc(N(C)CCc2nc3ccccc3[nH]2)c1[N+](=O)[O-]. The molecule has 2 aromatic heterocycles. The highest BCUT2D eigenvalue weighted by Gasteiger charge is 2.21. The second-order valence-electron chi connectivity index (χ2n) is 5.43. The highest BCUT2D eigenvalue weighted by molar-refractivity contribution is 5.74. The fourth-order valence-electron chi connectivity index (χ4n) is 2.54. The molecule has 7 nitrogen and oxygen atoms in total. The Hall–Kier alpha value is -2.96. The zero-order valence-electron chi connectivity index (χ0n) is 13.0. The van der Waals surface area contributed by atoms with Crippen molar-refractivity contribution in [3.05, 3.63) is 58.0 Å². The Balaban J connectivity index is 1.78. The molecule has 23 heavy (non-hydrogen) atoms. The molecule has 0 saturated heterocycles. The molecular weight excluding hydrogens is 294 g/mol. The van der Waals surface area contributed by atoms with Gasteiger partial charge in [-0.15, -0.1) is 0 Å². The summed E-state index contributed by atoms with van der Waals surface area (Å²) < 4.78 is 0. The zero-order chi connectivity index (χ0) is 16.4. The van der Waals surface area contributed by atoms with E-state index in [4.69, 9.17) is 0 Å². The number of H-pyrrole nitrogens is 1. The molecule has 0 saturated carbocycles. The molecule has 118 valence electrons. The highest BCUT2D eigenvalue weighted by Crippen LogP contribution is 2.28. The van der Waals surface area contributed by atoms with E-state index in [1.807, 2.05) is 24.3 Å². The molecule has 3 aromatic rings. The lowest BCUT2D eigenvalue weighted by Crippen LogP contribution is -2.23. The smallest absolute Gasteiger partial charge is 0.314 e. The van der Waals surface area contributed by atoms with Gasteiger partial charge in [-0.2, -0.15) is 0 Å². The van der Waals surface area contributed by atoms with E-state index in [2.05, 4.69) is 15.0 Å². The minimum atomic E-state index is -0.380. The van der Waals surface area contributed by atoms with Gasteiger partial charge < -0.3 is 9.88 Å². The van der Waals surface area contributed by atoms with Crippen molar-refractivity contribution >= 4 is 22.5 Å². The van der Waals surface area contributed by atoms with Crippen molar-refractivity contribution in [1.82, 2.24) is 15.0 Å². The first kappa shape index (κ1) is 15.0. The zero-order valence-corrected chi connectivity index (χ0v) is 13.0. The average molecular weight is 311 g/mol. The lowest BCUT2D eigenvalue weighted by atomic mass is 10.2. The number of benzene rings is 1. The lowest BCUT2D eigenvalue weighted by Gasteiger charge is -2.17. The molecule has 1 aromatic carbocycles. The number of fused-ring (bicyclic) bond motifs is 1. The van der Waals surface area contributed by atoms with Crippen LogP contribution in [-0.2, 0) is 6.42 Å². The van der Waals surface area contributed by atoms with Crippen LogP contribution in [0, 0.1) is 17.0 Å². The molecule has 7 heteroatoms. The summed E-state index contributed by atoms with van der Waals surface area (Å²) in [6, 6.07) is 9.47. The van der Waals surface area contributed by atoms with E-state index in [9.17, 15) is 10.1 Å². The van der Waals surface area contributed by atoms with E-state index in [0.29, 0.717) is 24.3 Å². The number of para-hydroxylation sites is 2. The highest BCUT2D eigenvalue weighted by atomic mass is 16.6. The third-order valence-electron chi connectivity index (χ3n) is 3.77. The van der Waals surface area contributed by atoms with Crippen molar-refractivity contribution in [1.29, 1.82) is 0 Å². The Morgan fingerprint density at radius 2 is 2.09 bits per heavy atom. The fraction of sp³-hybridized carbons (Fsp3) is 0.250. The number of aromatic amines is 1. The van der Waals surface area contributed by atoms with Crippen molar-refractivity contribution in [3.63, 3.8) is 0 Å². The van der Waals surface area contributed by atoms with E-state index in [0.717, 1.165) is 16.9 Å². The number of pyridine rings is 1. The predicted molar refractivity (Wildman–Crippen MR) is 88.7 cm³/mol. The number of nitrogens with zero attached hydrogens (tertiary/aromatic N) is 4. The number of imidazole rings is 1. The summed E-state index contributed by atoms with van der Waals surface area (Å²) in [5, 5.41) is 11.3. The van der Waals surface area contributed by atoms with Gasteiger partial charge in [0.1, 0.15) is 5.82 Å². The molecule has 1 N–H and O–H groups in total. The largest absolute Gasteiger partial charge is 0.353 e. The summed E-state index contributed by atoms with van der Waals surface area (Å²) in [4.78, 5) is 24.6. The van der Waals surface area contributed by atoms with Crippen LogP contribution in [0.25, 0.3) is 11.0 Å². The normalized spacial score (nSPS) is 10.9. The van der Waals surface area contributed by atoms with E-state index < -0.39 is 0 Å². The Kier molecular flexibility index (Phi) is 3.92. The second kappa shape index (κ2) is 6.04. The van der Waals surface area contributed by atoms with E-state index in [1.165, 1.54) is 0 Å². The van der Waals surface area contributed by atoms with Gasteiger partial charge in [-0.05, 0) is 25.1 Å². The van der Waals surface area contributed by atoms with Gasteiger partial charge in [-0.1, -0.05) is 12.1 Å². The lowest BCUT2D eigenvalue weighted by molar-refractivity contribution is -0.384. The molecule has 0 fully saturated rings. The van der Waals surface area contributed by atoms with Crippen LogP contribution in [0.3, 0.4) is 0 Å². The molecular formula is C16H17N5O2. The maximum Gasteiger partial charge on any atom is 0.314 e. The summed E-state index contributed by atoms with van der Waals surface area (Å²) in [6.07, 6.45) is 2.24. The number of likely N-dealkylation sites (N-methyl/N-ethyl adjacent to an activating group) is 1. The van der Waals surface area contributed by atoms with Gasteiger partial charge in [-0.25, -0.2) is 9.97 Å². The molecule has 3 rings (SSSR count). The number of nitro groups is 1. The van der Waals surface area contributed by atoms with Crippen molar-refractivity contribution < 1.29 is 4.92 Å². The van der Waals surface area contributed by atoms with Crippen LogP contribution in [0.5, 0.6) is 0 Å². The van der Waals surface area contributed by atoms with Crippen LogP contribution in [0.4, 0.5) is 11.5 Å². The van der Waals surface area contributed by atoms with Gasteiger partial charge >= 0.3 is 5.69 Å². The second-order valence-corrected chi connectivity index (χ2v) is 5.43. The van der Waals surface area contributed by atoms with Gasteiger partial charge in [0.05, 0.1) is 16.0 Å². The quantitative estimate of drug-likeness (QED) is 0.578. The number of hydrogen-bond donors (Lipinski definition) is 1. The van der Waals surface area contributed by atoms with Crippen molar-refractivity contribution in [2.24, 2.45) is 0 Å². The van der Waals surface area contributed by atoms with Gasteiger partial charge in [0.2, 0.25) is 5.82 Å². The monoisotopic (exact) mass is 311 g/mol. The van der Waals surface area contributed by atoms with Crippen LogP contribution in [0.2, 0.25) is 0 Å². The molecule has 0 radical (unpaired) electrons. The molecule has 0 unspecified atom stereocenters. The Morgan fingerprint density at radius 3 is 2.83 bits per heavy atom. The molecule has 2 heterocycles. The van der Waals surface area contributed by atoms with Crippen LogP contribution in [0.1, 0.15) is 11.4 Å². The van der Waals surface area contributed by atoms with Crippen LogP contribution < -0.4 is 4.90 Å². The van der Waals surface area contributed by atoms with Gasteiger partial charge in [0.15, 0.2) is 0 Å². The first-order valence-corrected chi connectivity index (χ1v) is 7.31. The number of rotatable bonds is 5. The molecule has 0 aliphatic rings.